The number of hydrogen-bond acceptors (Lipinski definition) is 6. The summed E-state index contributed by atoms with van der Waals surface area (Å²) in [5, 5.41) is 9.68. The van der Waals surface area contributed by atoms with Crippen LogP contribution in [-0.4, -0.2) is 57.9 Å². The molecule has 5 rings (SSSR count). The van der Waals surface area contributed by atoms with E-state index in [2.05, 4.69) is 10.2 Å². The Bertz CT molecular complexity index is 1490. The summed E-state index contributed by atoms with van der Waals surface area (Å²) in [5.41, 5.74) is 0.781. The van der Waals surface area contributed by atoms with Crippen molar-refractivity contribution in [3.63, 3.8) is 0 Å². The predicted octanol–water partition coefficient (Wildman–Crippen LogP) is 1.50. The first-order valence-electron chi connectivity index (χ1n) is 10.5. The molecule has 1 fully saturated rings. The van der Waals surface area contributed by atoms with Gasteiger partial charge in [-0.2, -0.15) is 0 Å². The van der Waals surface area contributed by atoms with Gasteiger partial charge in [-0.25, -0.2) is 9.20 Å². The number of aryl methyl sites for hydroxylation is 1. The Kier molecular flexibility index (Phi) is 5.53. The summed E-state index contributed by atoms with van der Waals surface area (Å²) in [7, 11) is 3.06. The van der Waals surface area contributed by atoms with Crippen LogP contribution in [0.3, 0.4) is 0 Å². The maximum absolute atomic E-state index is 13.2. The zero-order valence-corrected chi connectivity index (χ0v) is 19.8. The second kappa shape index (κ2) is 8.38. The Morgan fingerprint density at radius 2 is 1.76 bits per heavy atom. The minimum Gasteiger partial charge on any atom is -0.342 e. The smallest absolute Gasteiger partial charge is 0.332 e. The van der Waals surface area contributed by atoms with Crippen molar-refractivity contribution in [3.8, 4) is 0 Å². The molecule has 0 N–H and O–H groups in total. The minimum atomic E-state index is -0.448. The highest BCUT2D eigenvalue weighted by Crippen LogP contribution is 2.25. The van der Waals surface area contributed by atoms with Crippen LogP contribution in [0.4, 0.5) is 0 Å². The highest BCUT2D eigenvalue weighted by molar-refractivity contribution is 7.99. The van der Waals surface area contributed by atoms with Gasteiger partial charge in [0.25, 0.3) is 5.56 Å². The second-order valence-corrected chi connectivity index (χ2v) is 9.46. The number of thioether (sulfide) groups is 1. The molecular weight excluding hydrogens is 466 g/mol. The quantitative estimate of drug-likeness (QED) is 0.395. The van der Waals surface area contributed by atoms with E-state index in [0.717, 1.165) is 36.1 Å². The fraction of sp³-hybridized carbons (Fsp3) is 0.381. The lowest BCUT2D eigenvalue weighted by Crippen LogP contribution is -2.37. The van der Waals surface area contributed by atoms with E-state index in [0.29, 0.717) is 33.7 Å². The number of halogens is 1. The zero-order chi connectivity index (χ0) is 23.3. The largest absolute Gasteiger partial charge is 0.342 e. The van der Waals surface area contributed by atoms with E-state index in [1.54, 1.807) is 28.1 Å². The van der Waals surface area contributed by atoms with E-state index >= 15 is 0 Å². The second-order valence-electron chi connectivity index (χ2n) is 8.09. The number of carbonyl (C=O) groups excluding carboxylic acids is 1. The number of rotatable bonds is 5. The van der Waals surface area contributed by atoms with Crippen LogP contribution in [0.5, 0.6) is 0 Å². The minimum absolute atomic E-state index is 0.0453. The van der Waals surface area contributed by atoms with Crippen molar-refractivity contribution in [2.75, 3.05) is 18.8 Å². The molecule has 0 radical (unpaired) electrons. The van der Waals surface area contributed by atoms with Crippen molar-refractivity contribution in [3.05, 3.63) is 55.7 Å². The van der Waals surface area contributed by atoms with Gasteiger partial charge in [0.1, 0.15) is 0 Å². The lowest BCUT2D eigenvalue weighted by molar-refractivity contribution is -0.127. The Labute approximate surface area is 197 Å². The number of imidazole rings is 1. The average Bonchev–Trinajstić information content (AvgIpc) is 3.54. The molecule has 1 aliphatic rings. The molecule has 0 aliphatic carbocycles. The van der Waals surface area contributed by atoms with Crippen LogP contribution in [0, 0.1) is 0 Å². The molecule has 1 saturated heterocycles. The topological polar surface area (TPSA) is 99.4 Å². The molecule has 0 saturated carbocycles. The van der Waals surface area contributed by atoms with E-state index in [4.69, 9.17) is 11.6 Å². The summed E-state index contributed by atoms with van der Waals surface area (Å²) in [6.07, 6.45) is 2.05. The monoisotopic (exact) mass is 487 g/mol. The summed E-state index contributed by atoms with van der Waals surface area (Å²) < 4.78 is 5.94. The van der Waals surface area contributed by atoms with E-state index in [-0.39, 0.29) is 11.7 Å². The van der Waals surface area contributed by atoms with Gasteiger partial charge in [0.05, 0.1) is 12.3 Å². The highest BCUT2D eigenvalue weighted by Gasteiger charge is 2.25. The van der Waals surface area contributed by atoms with Gasteiger partial charge in [-0.15, -0.1) is 10.2 Å². The zero-order valence-electron chi connectivity index (χ0n) is 18.2. The standard InChI is InChI=1S/C21H22ClN7O3S/c1-25-17-16(18(31)26(2)21(25)32)28(11-13-5-7-14(22)8-6-13)19-23-24-20(29(17)19)33-12-15(30)27-9-3-4-10-27/h5-8H,3-4,9-12H2,1-2H3. The highest BCUT2D eigenvalue weighted by atomic mass is 35.5. The van der Waals surface area contributed by atoms with Gasteiger partial charge in [0.2, 0.25) is 11.7 Å². The van der Waals surface area contributed by atoms with Crippen molar-refractivity contribution in [1.82, 2.24) is 33.2 Å². The Balaban J connectivity index is 1.65. The number of fused-ring (bicyclic) bond motifs is 3. The Morgan fingerprint density at radius 3 is 2.45 bits per heavy atom. The molecule has 12 heteroatoms. The number of hydrogen-bond donors (Lipinski definition) is 0. The van der Waals surface area contributed by atoms with Gasteiger partial charge in [-0.1, -0.05) is 35.5 Å². The number of nitrogens with zero attached hydrogens (tertiary/aromatic N) is 7. The maximum atomic E-state index is 13.2. The maximum Gasteiger partial charge on any atom is 0.332 e. The summed E-state index contributed by atoms with van der Waals surface area (Å²) in [5.74, 6) is 0.682. The van der Waals surface area contributed by atoms with E-state index in [9.17, 15) is 14.4 Å². The molecule has 1 amide bonds. The molecule has 172 valence electrons. The van der Waals surface area contributed by atoms with Crippen molar-refractivity contribution < 1.29 is 4.79 Å². The molecule has 0 spiro atoms. The lowest BCUT2D eigenvalue weighted by atomic mass is 10.2. The van der Waals surface area contributed by atoms with Crippen LogP contribution in [0.25, 0.3) is 16.9 Å². The van der Waals surface area contributed by atoms with Crippen LogP contribution in [0.15, 0.2) is 39.0 Å². The fourth-order valence-corrected chi connectivity index (χ4v) is 5.19. The van der Waals surface area contributed by atoms with Crippen molar-refractivity contribution in [2.24, 2.45) is 14.1 Å². The average molecular weight is 488 g/mol. The van der Waals surface area contributed by atoms with Crippen LogP contribution in [-0.2, 0) is 25.4 Å². The van der Waals surface area contributed by atoms with E-state index < -0.39 is 11.2 Å². The molecule has 0 atom stereocenters. The fourth-order valence-electron chi connectivity index (χ4n) is 4.23. The molecular formula is C21H22ClN7O3S. The van der Waals surface area contributed by atoms with Gasteiger partial charge in [0, 0.05) is 32.2 Å². The van der Waals surface area contributed by atoms with Gasteiger partial charge >= 0.3 is 5.69 Å². The summed E-state index contributed by atoms with van der Waals surface area (Å²) in [4.78, 5) is 40.3. The van der Waals surface area contributed by atoms with Gasteiger partial charge in [-0.3, -0.25) is 23.3 Å². The SMILES string of the molecule is Cn1c(=O)c2c(n(C)c1=O)n1c(SCC(=O)N3CCCC3)nnc1n2Cc1ccc(Cl)cc1. The first-order chi connectivity index (χ1) is 15.9. The molecule has 0 unspecified atom stereocenters. The van der Waals surface area contributed by atoms with Crippen LogP contribution in [0.2, 0.25) is 5.02 Å². The number of carbonyl (C=O) groups is 1. The summed E-state index contributed by atoms with van der Waals surface area (Å²) in [6, 6.07) is 7.31. The number of amides is 1. The third-order valence-corrected chi connectivity index (χ3v) is 7.15. The van der Waals surface area contributed by atoms with E-state index in [1.807, 2.05) is 17.0 Å². The summed E-state index contributed by atoms with van der Waals surface area (Å²) >= 11 is 7.28. The van der Waals surface area contributed by atoms with Gasteiger partial charge < -0.3 is 4.90 Å². The molecule has 4 aromatic rings. The van der Waals surface area contributed by atoms with Crippen molar-refractivity contribution in [2.45, 2.75) is 24.5 Å². The first-order valence-corrected chi connectivity index (χ1v) is 11.9. The third kappa shape index (κ3) is 3.65. The molecule has 33 heavy (non-hydrogen) atoms. The van der Waals surface area contributed by atoms with Crippen LogP contribution >= 0.6 is 23.4 Å². The molecule has 3 aromatic heterocycles. The number of likely N-dealkylation sites (tertiary alicyclic amines) is 1. The summed E-state index contributed by atoms with van der Waals surface area (Å²) in [6.45, 7) is 1.90. The molecule has 4 heterocycles. The Morgan fingerprint density at radius 1 is 1.06 bits per heavy atom. The third-order valence-electron chi connectivity index (χ3n) is 5.99. The van der Waals surface area contributed by atoms with Crippen LogP contribution < -0.4 is 11.2 Å². The van der Waals surface area contributed by atoms with E-state index in [1.165, 1.54) is 23.4 Å². The molecule has 1 aromatic carbocycles. The Hall–Kier alpha value is -3.05. The molecule has 0 bridgehead atoms. The first kappa shape index (κ1) is 21.8. The van der Waals surface area contributed by atoms with Gasteiger partial charge in [0.15, 0.2) is 16.3 Å². The molecule has 1 aliphatic heterocycles. The normalized spacial score (nSPS) is 14.1. The molecule has 10 nitrogen and oxygen atoms in total. The number of aromatic nitrogens is 6. The van der Waals surface area contributed by atoms with Crippen molar-refractivity contribution in [1.29, 1.82) is 0 Å². The predicted molar refractivity (Wildman–Crippen MR) is 126 cm³/mol. The number of benzene rings is 1. The van der Waals surface area contributed by atoms with Gasteiger partial charge in [-0.05, 0) is 30.5 Å². The van der Waals surface area contributed by atoms with Crippen molar-refractivity contribution >= 4 is 46.2 Å². The van der Waals surface area contributed by atoms with Crippen LogP contribution in [0.1, 0.15) is 18.4 Å². The lowest BCUT2D eigenvalue weighted by Gasteiger charge is -2.14.